The number of ether oxygens (including phenoxy) is 1. The Morgan fingerprint density at radius 2 is 1.95 bits per heavy atom. The molecule has 1 heterocycles. The number of aromatic nitrogens is 1. The Labute approximate surface area is 116 Å². The molecule has 0 unspecified atom stereocenters. The highest BCUT2D eigenvalue weighted by Crippen LogP contribution is 2.15. The number of carboxylic acid groups (broad SMARTS) is 1. The molecule has 5 nitrogen and oxygen atoms in total. The van der Waals surface area contributed by atoms with Gasteiger partial charge in [-0.15, -0.1) is 0 Å². The van der Waals surface area contributed by atoms with Crippen LogP contribution in [0.4, 0.5) is 0 Å². The molecule has 0 aliphatic heterocycles. The highest BCUT2D eigenvalue weighted by Gasteiger charge is 2.11. The summed E-state index contributed by atoms with van der Waals surface area (Å²) in [5.74, 6) is -0.422. The number of hydrogen-bond donors (Lipinski definition) is 2. The van der Waals surface area contributed by atoms with Crippen LogP contribution in [0.2, 0.25) is 0 Å². The van der Waals surface area contributed by atoms with Crippen LogP contribution in [-0.2, 0) is 13.0 Å². The van der Waals surface area contributed by atoms with E-state index in [-0.39, 0.29) is 18.9 Å². The number of aliphatic hydroxyl groups excluding tert-OH is 1. The topological polar surface area (TPSA) is 79.7 Å². The summed E-state index contributed by atoms with van der Waals surface area (Å²) in [6, 6.07) is 10.7. The maximum Gasteiger partial charge on any atom is 0.354 e. The minimum absolute atomic E-state index is 0.00407. The van der Waals surface area contributed by atoms with Crippen LogP contribution in [0, 0.1) is 0 Å². The van der Waals surface area contributed by atoms with Crippen molar-refractivity contribution in [2.75, 3.05) is 6.61 Å². The molecule has 0 aliphatic rings. The number of aromatic carboxylic acids is 1. The van der Waals surface area contributed by atoms with Crippen LogP contribution < -0.4 is 4.74 Å². The van der Waals surface area contributed by atoms with Crippen LogP contribution in [-0.4, -0.2) is 27.8 Å². The average Bonchev–Trinajstić information content (AvgIpc) is 2.47. The van der Waals surface area contributed by atoms with E-state index >= 15 is 0 Å². The van der Waals surface area contributed by atoms with Crippen molar-refractivity contribution >= 4 is 5.97 Å². The van der Waals surface area contributed by atoms with Gasteiger partial charge in [0.2, 0.25) is 0 Å². The van der Waals surface area contributed by atoms with Gasteiger partial charge in [0.15, 0.2) is 5.69 Å². The van der Waals surface area contributed by atoms with E-state index in [0.717, 1.165) is 5.56 Å². The molecule has 0 bridgehead atoms. The van der Waals surface area contributed by atoms with Gasteiger partial charge in [0.1, 0.15) is 12.4 Å². The molecule has 2 aromatic rings. The molecule has 5 heteroatoms. The molecule has 0 atom stereocenters. The zero-order chi connectivity index (χ0) is 14.4. The van der Waals surface area contributed by atoms with Crippen molar-refractivity contribution in [2.45, 2.75) is 13.0 Å². The first-order valence-corrected chi connectivity index (χ1v) is 6.20. The highest BCUT2D eigenvalue weighted by atomic mass is 16.5. The Morgan fingerprint density at radius 1 is 1.20 bits per heavy atom. The summed E-state index contributed by atoms with van der Waals surface area (Å²) in [4.78, 5) is 14.8. The van der Waals surface area contributed by atoms with Crippen LogP contribution in [0.25, 0.3) is 0 Å². The number of carbonyl (C=O) groups is 1. The number of benzene rings is 1. The summed E-state index contributed by atoms with van der Waals surface area (Å²) in [5, 5.41) is 17.8. The lowest BCUT2D eigenvalue weighted by Gasteiger charge is -2.08. The maximum absolute atomic E-state index is 11.0. The minimum atomic E-state index is -1.07. The fraction of sp³-hybridized carbons (Fsp3) is 0.200. The van der Waals surface area contributed by atoms with Crippen LogP contribution >= 0.6 is 0 Å². The Morgan fingerprint density at radius 3 is 2.60 bits per heavy atom. The number of carboxylic acids is 1. The van der Waals surface area contributed by atoms with Gasteiger partial charge < -0.3 is 14.9 Å². The van der Waals surface area contributed by atoms with E-state index in [1.165, 1.54) is 6.20 Å². The van der Waals surface area contributed by atoms with Gasteiger partial charge in [-0.2, -0.15) is 0 Å². The number of pyridine rings is 1. The van der Waals surface area contributed by atoms with Gasteiger partial charge in [0.05, 0.1) is 0 Å². The SMILES string of the molecule is O=C(O)c1ncccc1COc1ccc(CCO)cc1. The van der Waals surface area contributed by atoms with Gasteiger partial charge in [-0.3, -0.25) is 0 Å². The van der Waals surface area contributed by atoms with Gasteiger partial charge in [0, 0.05) is 18.4 Å². The number of nitrogens with zero attached hydrogens (tertiary/aromatic N) is 1. The zero-order valence-corrected chi connectivity index (χ0v) is 10.8. The minimum Gasteiger partial charge on any atom is -0.489 e. The van der Waals surface area contributed by atoms with E-state index in [2.05, 4.69) is 4.98 Å². The largest absolute Gasteiger partial charge is 0.489 e. The maximum atomic E-state index is 11.0. The second kappa shape index (κ2) is 6.68. The summed E-state index contributed by atoms with van der Waals surface area (Å²) in [5.41, 5.74) is 1.55. The summed E-state index contributed by atoms with van der Waals surface area (Å²) in [6.45, 7) is 0.257. The standard InChI is InChI=1S/C15H15NO4/c17-9-7-11-3-5-13(6-4-11)20-10-12-2-1-8-16-14(12)15(18)19/h1-6,8,17H,7,9-10H2,(H,18,19). The van der Waals surface area contributed by atoms with Crippen LogP contribution in [0.15, 0.2) is 42.6 Å². The van der Waals surface area contributed by atoms with Crippen molar-refractivity contribution in [3.63, 3.8) is 0 Å². The molecule has 0 saturated carbocycles. The third kappa shape index (κ3) is 3.55. The molecular weight excluding hydrogens is 258 g/mol. The van der Waals surface area contributed by atoms with Crippen LogP contribution in [0.1, 0.15) is 21.6 Å². The van der Waals surface area contributed by atoms with E-state index in [4.69, 9.17) is 14.9 Å². The van der Waals surface area contributed by atoms with Crippen molar-refractivity contribution in [1.82, 2.24) is 4.98 Å². The van der Waals surface area contributed by atoms with Gasteiger partial charge >= 0.3 is 5.97 Å². The molecule has 0 radical (unpaired) electrons. The van der Waals surface area contributed by atoms with Gasteiger partial charge in [-0.1, -0.05) is 18.2 Å². The van der Waals surface area contributed by atoms with Crippen molar-refractivity contribution in [1.29, 1.82) is 0 Å². The van der Waals surface area contributed by atoms with Crippen molar-refractivity contribution in [2.24, 2.45) is 0 Å². The van der Waals surface area contributed by atoms with Gasteiger partial charge in [0.25, 0.3) is 0 Å². The number of hydrogen-bond acceptors (Lipinski definition) is 4. The number of aliphatic hydroxyl groups is 1. The molecular formula is C15H15NO4. The monoisotopic (exact) mass is 273 g/mol. The second-order valence-electron chi connectivity index (χ2n) is 4.22. The fourth-order valence-corrected chi connectivity index (χ4v) is 1.79. The summed E-state index contributed by atoms with van der Waals surface area (Å²) in [6.07, 6.45) is 2.04. The molecule has 0 amide bonds. The third-order valence-corrected chi connectivity index (χ3v) is 2.81. The van der Waals surface area contributed by atoms with E-state index in [1.54, 1.807) is 24.3 Å². The molecule has 2 rings (SSSR count). The van der Waals surface area contributed by atoms with Gasteiger partial charge in [-0.25, -0.2) is 9.78 Å². The molecule has 1 aromatic heterocycles. The van der Waals surface area contributed by atoms with E-state index in [0.29, 0.717) is 17.7 Å². The van der Waals surface area contributed by atoms with Crippen LogP contribution in [0.5, 0.6) is 5.75 Å². The smallest absolute Gasteiger partial charge is 0.354 e. The van der Waals surface area contributed by atoms with E-state index in [1.807, 2.05) is 12.1 Å². The third-order valence-electron chi connectivity index (χ3n) is 2.81. The Bertz CT molecular complexity index is 581. The normalized spacial score (nSPS) is 10.2. The second-order valence-corrected chi connectivity index (χ2v) is 4.22. The lowest BCUT2D eigenvalue weighted by atomic mass is 10.1. The van der Waals surface area contributed by atoms with Gasteiger partial charge in [-0.05, 0) is 30.2 Å². The molecule has 0 aliphatic carbocycles. The fourth-order valence-electron chi connectivity index (χ4n) is 1.79. The highest BCUT2D eigenvalue weighted by molar-refractivity contribution is 5.86. The van der Waals surface area contributed by atoms with Crippen molar-refractivity contribution in [3.05, 3.63) is 59.4 Å². The Kier molecular flexibility index (Phi) is 4.68. The molecule has 0 saturated heterocycles. The molecule has 104 valence electrons. The summed E-state index contributed by atoms with van der Waals surface area (Å²) in [7, 11) is 0. The lowest BCUT2D eigenvalue weighted by Crippen LogP contribution is -2.07. The quantitative estimate of drug-likeness (QED) is 0.840. The van der Waals surface area contributed by atoms with E-state index in [9.17, 15) is 4.79 Å². The van der Waals surface area contributed by atoms with Crippen LogP contribution in [0.3, 0.4) is 0 Å². The first-order valence-electron chi connectivity index (χ1n) is 6.20. The molecule has 0 spiro atoms. The summed E-state index contributed by atoms with van der Waals surface area (Å²) < 4.78 is 5.55. The predicted octanol–water partition coefficient (Wildman–Crippen LogP) is 1.89. The Balaban J connectivity index is 2.03. The van der Waals surface area contributed by atoms with Crippen molar-refractivity contribution < 1.29 is 19.7 Å². The van der Waals surface area contributed by atoms with E-state index < -0.39 is 5.97 Å². The first kappa shape index (κ1) is 14.0. The molecule has 2 N–H and O–H groups in total. The molecule has 1 aromatic carbocycles. The zero-order valence-electron chi connectivity index (χ0n) is 10.8. The summed E-state index contributed by atoms with van der Waals surface area (Å²) >= 11 is 0. The molecule has 0 fully saturated rings. The lowest BCUT2D eigenvalue weighted by molar-refractivity contribution is 0.0687. The average molecular weight is 273 g/mol. The predicted molar refractivity (Wildman–Crippen MR) is 72.8 cm³/mol. The Hall–Kier alpha value is -2.40. The number of rotatable bonds is 6. The van der Waals surface area contributed by atoms with Crippen molar-refractivity contribution in [3.8, 4) is 5.75 Å². The first-order chi connectivity index (χ1) is 9.70. The molecule has 20 heavy (non-hydrogen) atoms.